The van der Waals surface area contributed by atoms with Crippen LogP contribution in [0.15, 0.2) is 42.5 Å². The number of aliphatic carboxylic acids is 1. The van der Waals surface area contributed by atoms with Crippen LogP contribution in [0.3, 0.4) is 0 Å². The van der Waals surface area contributed by atoms with E-state index in [1.165, 1.54) is 0 Å². The van der Waals surface area contributed by atoms with Crippen LogP contribution >= 0.6 is 0 Å². The van der Waals surface area contributed by atoms with Gasteiger partial charge in [0.2, 0.25) is 0 Å². The Morgan fingerprint density at radius 2 is 2.00 bits per heavy atom. The maximum absolute atomic E-state index is 10.8. The number of hydrogen-bond donors (Lipinski definition) is 2. The van der Waals surface area contributed by atoms with E-state index in [4.69, 9.17) is 15.6 Å². The van der Waals surface area contributed by atoms with Crippen molar-refractivity contribution in [3.63, 3.8) is 0 Å². The van der Waals surface area contributed by atoms with Gasteiger partial charge in [-0.3, -0.25) is 4.79 Å². The molecule has 0 heterocycles. The van der Waals surface area contributed by atoms with Gasteiger partial charge in [-0.05, 0) is 41.8 Å². The van der Waals surface area contributed by atoms with E-state index < -0.39 is 12.0 Å². The van der Waals surface area contributed by atoms with Gasteiger partial charge in [0.05, 0.1) is 13.5 Å². The van der Waals surface area contributed by atoms with E-state index in [9.17, 15) is 4.79 Å². The molecule has 0 aliphatic heterocycles. The molecule has 0 radical (unpaired) electrons. The maximum Gasteiger partial charge on any atom is 0.305 e. The summed E-state index contributed by atoms with van der Waals surface area (Å²) < 4.78 is 5.23. The molecule has 0 saturated heterocycles. The van der Waals surface area contributed by atoms with Crippen molar-refractivity contribution < 1.29 is 14.6 Å². The van der Waals surface area contributed by atoms with Gasteiger partial charge in [-0.25, -0.2) is 0 Å². The van der Waals surface area contributed by atoms with E-state index in [1.807, 2.05) is 49.4 Å². The Balaban J connectivity index is 2.40. The summed E-state index contributed by atoms with van der Waals surface area (Å²) in [4.78, 5) is 10.8. The second-order valence-electron chi connectivity index (χ2n) is 5.07. The van der Waals surface area contributed by atoms with E-state index in [1.54, 1.807) is 7.11 Å². The number of aryl methyl sites for hydroxylation is 1. The summed E-state index contributed by atoms with van der Waals surface area (Å²) in [5, 5.41) is 8.87. The number of carboxylic acids is 1. The van der Waals surface area contributed by atoms with Crippen LogP contribution in [0, 0.1) is 6.92 Å². The van der Waals surface area contributed by atoms with Gasteiger partial charge in [-0.2, -0.15) is 0 Å². The lowest BCUT2D eigenvalue weighted by atomic mass is 9.96. The summed E-state index contributed by atoms with van der Waals surface area (Å²) in [6.45, 7) is 1.97. The summed E-state index contributed by atoms with van der Waals surface area (Å²) in [6.07, 6.45) is -0.0823. The zero-order chi connectivity index (χ0) is 15.4. The van der Waals surface area contributed by atoms with Gasteiger partial charge in [-0.15, -0.1) is 0 Å². The number of benzene rings is 2. The average Bonchev–Trinajstić information content (AvgIpc) is 2.46. The van der Waals surface area contributed by atoms with Crippen LogP contribution in [0.5, 0.6) is 5.75 Å². The highest BCUT2D eigenvalue weighted by molar-refractivity contribution is 5.69. The van der Waals surface area contributed by atoms with E-state index in [0.717, 1.165) is 28.0 Å². The predicted molar refractivity (Wildman–Crippen MR) is 82.3 cm³/mol. The molecule has 1 unspecified atom stereocenters. The summed E-state index contributed by atoms with van der Waals surface area (Å²) in [7, 11) is 1.63. The number of methoxy groups -OCH3 is 1. The third kappa shape index (κ3) is 3.83. The highest BCUT2D eigenvalue weighted by Crippen LogP contribution is 2.28. The molecule has 0 amide bonds. The first-order chi connectivity index (χ1) is 9.99. The third-order valence-electron chi connectivity index (χ3n) is 3.33. The number of nitrogens with two attached hydrogens (primary N) is 1. The molecular weight excluding hydrogens is 266 g/mol. The molecule has 0 spiro atoms. The Bertz CT molecular complexity index is 652. The molecular formula is C17H19NO3. The van der Waals surface area contributed by atoms with Gasteiger partial charge >= 0.3 is 5.97 Å². The van der Waals surface area contributed by atoms with Gasteiger partial charge in [0, 0.05) is 6.04 Å². The van der Waals surface area contributed by atoms with Crippen molar-refractivity contribution >= 4 is 5.97 Å². The molecule has 2 aromatic rings. The molecule has 4 heteroatoms. The van der Waals surface area contributed by atoms with Crippen molar-refractivity contribution in [3.05, 3.63) is 53.6 Å². The molecule has 0 bridgehead atoms. The molecule has 0 aromatic heterocycles. The number of ether oxygens (including phenoxy) is 1. The zero-order valence-electron chi connectivity index (χ0n) is 12.2. The summed E-state index contributed by atoms with van der Waals surface area (Å²) in [5.41, 5.74) is 9.86. The van der Waals surface area contributed by atoms with Crippen LogP contribution in [0.25, 0.3) is 11.1 Å². The van der Waals surface area contributed by atoms with Crippen molar-refractivity contribution in [2.24, 2.45) is 5.73 Å². The fourth-order valence-electron chi connectivity index (χ4n) is 2.30. The van der Waals surface area contributed by atoms with Gasteiger partial charge < -0.3 is 15.6 Å². The fourth-order valence-corrected chi connectivity index (χ4v) is 2.30. The van der Waals surface area contributed by atoms with Crippen LogP contribution in [0.2, 0.25) is 0 Å². The quantitative estimate of drug-likeness (QED) is 0.885. The second-order valence-corrected chi connectivity index (χ2v) is 5.07. The first kappa shape index (κ1) is 15.1. The second kappa shape index (κ2) is 6.41. The normalized spacial score (nSPS) is 12.0. The third-order valence-corrected chi connectivity index (χ3v) is 3.33. The summed E-state index contributed by atoms with van der Waals surface area (Å²) >= 11 is 0. The lowest BCUT2D eigenvalue weighted by Gasteiger charge is -2.13. The van der Waals surface area contributed by atoms with Crippen molar-refractivity contribution in [3.8, 4) is 16.9 Å². The Labute approximate surface area is 124 Å². The lowest BCUT2D eigenvalue weighted by Crippen LogP contribution is -2.15. The van der Waals surface area contributed by atoms with Crippen molar-refractivity contribution in [2.45, 2.75) is 19.4 Å². The largest absolute Gasteiger partial charge is 0.497 e. The SMILES string of the molecule is COc1cccc(-c2cc(C)cc(C(N)CC(=O)O)c2)c1. The lowest BCUT2D eigenvalue weighted by molar-refractivity contribution is -0.137. The minimum absolute atomic E-state index is 0.0823. The smallest absolute Gasteiger partial charge is 0.305 e. The maximum atomic E-state index is 10.8. The molecule has 2 rings (SSSR count). The van der Waals surface area contributed by atoms with Crippen molar-refractivity contribution in [1.82, 2.24) is 0 Å². The standard InChI is InChI=1S/C17H19NO3/c1-11-6-13(12-4-3-5-15(9-12)21-2)8-14(7-11)16(18)10-17(19)20/h3-9,16H,10,18H2,1-2H3,(H,19,20). The Hall–Kier alpha value is -2.33. The average molecular weight is 285 g/mol. The highest BCUT2D eigenvalue weighted by atomic mass is 16.5. The van der Waals surface area contributed by atoms with Crippen LogP contribution in [0.1, 0.15) is 23.6 Å². The number of carbonyl (C=O) groups is 1. The number of hydrogen-bond acceptors (Lipinski definition) is 3. The molecule has 0 aliphatic carbocycles. The first-order valence-corrected chi connectivity index (χ1v) is 6.73. The van der Waals surface area contributed by atoms with E-state index >= 15 is 0 Å². The van der Waals surface area contributed by atoms with Gasteiger partial charge in [0.15, 0.2) is 0 Å². The van der Waals surface area contributed by atoms with Crippen LogP contribution in [0.4, 0.5) is 0 Å². The Morgan fingerprint density at radius 3 is 2.67 bits per heavy atom. The van der Waals surface area contributed by atoms with E-state index in [-0.39, 0.29) is 6.42 Å². The summed E-state index contributed by atoms with van der Waals surface area (Å²) in [5.74, 6) is -0.114. The molecule has 21 heavy (non-hydrogen) atoms. The molecule has 110 valence electrons. The Morgan fingerprint density at radius 1 is 1.24 bits per heavy atom. The van der Waals surface area contributed by atoms with Crippen LogP contribution < -0.4 is 10.5 Å². The highest BCUT2D eigenvalue weighted by Gasteiger charge is 2.12. The number of carboxylic acid groups (broad SMARTS) is 1. The minimum atomic E-state index is -0.896. The molecule has 0 saturated carbocycles. The van der Waals surface area contributed by atoms with Crippen LogP contribution in [-0.2, 0) is 4.79 Å². The van der Waals surface area contributed by atoms with Gasteiger partial charge in [0.25, 0.3) is 0 Å². The predicted octanol–water partition coefficient (Wildman–Crippen LogP) is 3.15. The fraction of sp³-hybridized carbons (Fsp3) is 0.235. The van der Waals surface area contributed by atoms with Crippen molar-refractivity contribution in [2.75, 3.05) is 7.11 Å². The topological polar surface area (TPSA) is 72.5 Å². The molecule has 2 aromatic carbocycles. The monoisotopic (exact) mass is 285 g/mol. The molecule has 0 fully saturated rings. The van der Waals surface area contributed by atoms with Gasteiger partial charge in [0.1, 0.15) is 5.75 Å². The van der Waals surface area contributed by atoms with Gasteiger partial charge in [-0.1, -0.05) is 29.8 Å². The zero-order valence-corrected chi connectivity index (χ0v) is 12.2. The van der Waals surface area contributed by atoms with Crippen molar-refractivity contribution in [1.29, 1.82) is 0 Å². The molecule has 3 N–H and O–H groups in total. The first-order valence-electron chi connectivity index (χ1n) is 6.73. The van der Waals surface area contributed by atoms with E-state index in [2.05, 4.69) is 0 Å². The Kier molecular flexibility index (Phi) is 4.60. The summed E-state index contributed by atoms with van der Waals surface area (Å²) in [6, 6.07) is 13.2. The van der Waals surface area contributed by atoms with Crippen LogP contribution in [-0.4, -0.2) is 18.2 Å². The number of rotatable bonds is 5. The minimum Gasteiger partial charge on any atom is -0.497 e. The molecule has 0 aliphatic rings. The molecule has 4 nitrogen and oxygen atoms in total. The molecule has 1 atom stereocenters. The van der Waals surface area contributed by atoms with E-state index in [0.29, 0.717) is 0 Å².